The van der Waals surface area contributed by atoms with Crippen molar-refractivity contribution in [2.75, 3.05) is 4.90 Å². The largest absolute Gasteiger partial charge is 0.309 e. The first-order chi connectivity index (χ1) is 24.8. The van der Waals surface area contributed by atoms with Gasteiger partial charge in [0.1, 0.15) is 0 Å². The summed E-state index contributed by atoms with van der Waals surface area (Å²) in [5, 5.41) is 10.2. The molecule has 0 fully saturated rings. The summed E-state index contributed by atoms with van der Waals surface area (Å²) >= 11 is 1.90. The van der Waals surface area contributed by atoms with Crippen LogP contribution >= 0.6 is 11.3 Å². The van der Waals surface area contributed by atoms with E-state index in [9.17, 15) is 0 Å². The van der Waals surface area contributed by atoms with E-state index >= 15 is 0 Å². The van der Waals surface area contributed by atoms with E-state index in [0.29, 0.717) is 0 Å². The third kappa shape index (κ3) is 4.69. The van der Waals surface area contributed by atoms with Gasteiger partial charge < -0.3 is 4.90 Å². The summed E-state index contributed by atoms with van der Waals surface area (Å²) in [6.07, 6.45) is 0. The quantitative estimate of drug-likeness (QED) is 0.179. The van der Waals surface area contributed by atoms with Crippen LogP contribution in [0, 0.1) is 0 Å². The van der Waals surface area contributed by atoms with E-state index in [-0.39, 0.29) is 0 Å². The minimum absolute atomic E-state index is 1.13. The maximum atomic E-state index is 2.44. The predicted molar refractivity (Wildman–Crippen MR) is 217 cm³/mol. The van der Waals surface area contributed by atoms with Gasteiger partial charge in [-0.25, -0.2) is 0 Å². The minimum Gasteiger partial charge on any atom is -0.309 e. The molecule has 1 aromatic heterocycles. The number of rotatable bonds is 5. The van der Waals surface area contributed by atoms with Gasteiger partial charge in [-0.15, -0.1) is 11.3 Å². The number of anilines is 3. The Hall–Kier alpha value is -6.22. The van der Waals surface area contributed by atoms with Crippen molar-refractivity contribution in [1.29, 1.82) is 0 Å². The number of nitrogens with zero attached hydrogens (tertiary/aromatic N) is 1. The van der Waals surface area contributed by atoms with Crippen LogP contribution < -0.4 is 4.90 Å². The molecular formula is C48H31NS. The first-order valence-electron chi connectivity index (χ1n) is 17.1. The maximum absolute atomic E-state index is 2.44. The molecule has 9 aromatic carbocycles. The van der Waals surface area contributed by atoms with E-state index in [1.165, 1.54) is 80.4 Å². The fraction of sp³-hybridized carbons (Fsp3) is 0. The highest BCUT2D eigenvalue weighted by Crippen LogP contribution is 2.49. The average Bonchev–Trinajstić information content (AvgIpc) is 3.58. The van der Waals surface area contributed by atoms with Gasteiger partial charge in [0, 0.05) is 32.2 Å². The first-order valence-corrected chi connectivity index (χ1v) is 17.9. The third-order valence-corrected chi connectivity index (χ3v) is 11.3. The van der Waals surface area contributed by atoms with Gasteiger partial charge in [0.25, 0.3) is 0 Å². The number of thiophene rings is 1. The van der Waals surface area contributed by atoms with Crippen LogP contribution in [0.25, 0.3) is 74.7 Å². The molecule has 1 nitrogen and oxygen atoms in total. The van der Waals surface area contributed by atoms with Gasteiger partial charge in [-0.1, -0.05) is 152 Å². The van der Waals surface area contributed by atoms with E-state index in [1.807, 2.05) is 11.3 Å². The van der Waals surface area contributed by atoms with Gasteiger partial charge in [0.2, 0.25) is 0 Å². The Balaban J connectivity index is 1.23. The van der Waals surface area contributed by atoms with Crippen LogP contribution in [0.2, 0.25) is 0 Å². The van der Waals surface area contributed by atoms with Gasteiger partial charge in [0.05, 0.1) is 10.4 Å². The second-order valence-electron chi connectivity index (χ2n) is 12.9. The van der Waals surface area contributed by atoms with Crippen molar-refractivity contribution in [2.45, 2.75) is 0 Å². The van der Waals surface area contributed by atoms with Crippen molar-refractivity contribution in [3.05, 3.63) is 188 Å². The molecule has 0 amide bonds. The molecule has 1 heterocycles. The number of fused-ring (bicyclic) bond motifs is 7. The molecule has 10 aromatic rings. The molecule has 0 aliphatic heterocycles. The summed E-state index contributed by atoms with van der Waals surface area (Å²) in [5.41, 5.74) is 8.43. The second-order valence-corrected chi connectivity index (χ2v) is 13.9. The molecule has 2 heteroatoms. The molecule has 0 spiro atoms. The first kappa shape index (κ1) is 28.8. The van der Waals surface area contributed by atoms with Crippen LogP contribution in [0.4, 0.5) is 17.1 Å². The lowest BCUT2D eigenvalue weighted by atomic mass is 9.92. The lowest BCUT2D eigenvalue weighted by Gasteiger charge is -2.26. The zero-order valence-electron chi connectivity index (χ0n) is 27.3. The molecule has 50 heavy (non-hydrogen) atoms. The van der Waals surface area contributed by atoms with Crippen LogP contribution in [0.1, 0.15) is 0 Å². The molecule has 10 rings (SSSR count). The number of hydrogen-bond acceptors (Lipinski definition) is 2. The van der Waals surface area contributed by atoms with Crippen LogP contribution in [-0.4, -0.2) is 0 Å². The van der Waals surface area contributed by atoms with Crippen molar-refractivity contribution >= 4 is 80.9 Å². The van der Waals surface area contributed by atoms with Crippen LogP contribution in [0.15, 0.2) is 188 Å². The topological polar surface area (TPSA) is 3.24 Å². The van der Waals surface area contributed by atoms with Crippen molar-refractivity contribution < 1.29 is 0 Å². The molecule has 0 N–H and O–H groups in total. The summed E-state index contributed by atoms with van der Waals surface area (Å²) in [6, 6.07) is 68.6. The minimum atomic E-state index is 1.13. The zero-order valence-corrected chi connectivity index (χ0v) is 28.1. The molecule has 0 saturated carbocycles. The van der Waals surface area contributed by atoms with Crippen molar-refractivity contribution in [3.63, 3.8) is 0 Å². The Labute approximate surface area is 294 Å². The van der Waals surface area contributed by atoms with Gasteiger partial charge in [-0.3, -0.25) is 0 Å². The van der Waals surface area contributed by atoms with Gasteiger partial charge in [0.15, 0.2) is 0 Å². The van der Waals surface area contributed by atoms with Crippen molar-refractivity contribution in [3.8, 4) is 22.3 Å². The Morgan fingerprint density at radius 2 is 0.920 bits per heavy atom. The Kier molecular flexibility index (Phi) is 6.75. The molecule has 0 aliphatic rings. The zero-order chi connectivity index (χ0) is 33.0. The maximum Gasteiger partial charge on any atom is 0.0640 e. The fourth-order valence-corrected chi connectivity index (χ4v) is 8.96. The molecule has 0 radical (unpaired) electrons. The smallest absolute Gasteiger partial charge is 0.0640 e. The molecule has 234 valence electrons. The van der Waals surface area contributed by atoms with E-state index < -0.39 is 0 Å². The van der Waals surface area contributed by atoms with E-state index in [0.717, 1.165) is 11.4 Å². The summed E-state index contributed by atoms with van der Waals surface area (Å²) in [6.45, 7) is 0. The van der Waals surface area contributed by atoms with Crippen molar-refractivity contribution in [2.24, 2.45) is 0 Å². The van der Waals surface area contributed by atoms with Gasteiger partial charge >= 0.3 is 0 Å². The van der Waals surface area contributed by atoms with Gasteiger partial charge in [-0.05, 0) is 85.6 Å². The number of benzene rings is 9. The highest BCUT2D eigenvalue weighted by Gasteiger charge is 2.21. The lowest BCUT2D eigenvalue weighted by molar-refractivity contribution is 1.31. The SMILES string of the molecule is c1ccc(-c2ccc(N(c3ccc4ccccc4c3)c3cccc4c3sc3c5ccccc5c(-c5cccc6ccccc56)cc43)cc2)cc1. The second kappa shape index (κ2) is 11.7. The lowest BCUT2D eigenvalue weighted by Crippen LogP contribution is -2.10. The Morgan fingerprint density at radius 3 is 1.76 bits per heavy atom. The monoisotopic (exact) mass is 653 g/mol. The molecule has 0 bridgehead atoms. The Morgan fingerprint density at radius 1 is 0.320 bits per heavy atom. The van der Waals surface area contributed by atoms with E-state index in [4.69, 9.17) is 0 Å². The molecule has 0 unspecified atom stereocenters. The number of hydrogen-bond donors (Lipinski definition) is 0. The summed E-state index contributed by atoms with van der Waals surface area (Å²) in [7, 11) is 0. The summed E-state index contributed by atoms with van der Waals surface area (Å²) in [4.78, 5) is 2.44. The van der Waals surface area contributed by atoms with E-state index in [2.05, 4.69) is 193 Å². The fourth-order valence-electron chi connectivity index (χ4n) is 7.64. The molecule has 0 saturated heterocycles. The van der Waals surface area contributed by atoms with Crippen LogP contribution in [0.5, 0.6) is 0 Å². The molecule has 0 atom stereocenters. The highest BCUT2D eigenvalue weighted by atomic mass is 32.1. The van der Waals surface area contributed by atoms with Crippen LogP contribution in [0.3, 0.4) is 0 Å². The highest BCUT2D eigenvalue weighted by molar-refractivity contribution is 7.27. The standard InChI is InChI=1S/C48H31NS/c1-2-12-32(13-3-1)34-24-27-37(28-25-34)49(38-29-26-33-14-4-5-16-36(33)30-38)46-23-11-22-43-45-31-44(40-21-10-17-35-15-6-7-18-39(35)40)41-19-8-9-20-42(41)47(45)50-48(43)46/h1-31H. The van der Waals surface area contributed by atoms with E-state index in [1.54, 1.807) is 0 Å². The molecular weight excluding hydrogens is 623 g/mol. The van der Waals surface area contributed by atoms with Gasteiger partial charge in [-0.2, -0.15) is 0 Å². The Bertz CT molecular complexity index is 2860. The summed E-state index contributed by atoms with van der Waals surface area (Å²) in [5.74, 6) is 0. The third-order valence-electron chi connectivity index (χ3n) is 10.0. The molecule has 0 aliphatic carbocycles. The normalized spacial score (nSPS) is 11.6. The van der Waals surface area contributed by atoms with Crippen molar-refractivity contribution in [1.82, 2.24) is 0 Å². The van der Waals surface area contributed by atoms with Crippen LogP contribution in [-0.2, 0) is 0 Å². The summed E-state index contributed by atoms with van der Waals surface area (Å²) < 4.78 is 2.60. The average molecular weight is 654 g/mol. The predicted octanol–water partition coefficient (Wildman–Crippen LogP) is 14.3.